The Bertz CT molecular complexity index is 609. The molecule has 0 fully saturated rings. The van der Waals surface area contributed by atoms with Gasteiger partial charge in [-0.15, -0.1) is 0 Å². The Morgan fingerprint density at radius 1 is 1.29 bits per heavy atom. The third-order valence-corrected chi connectivity index (χ3v) is 4.14. The largest absolute Gasteiger partial charge is 0.344 e. The monoisotopic (exact) mass is 285 g/mol. The van der Waals surface area contributed by atoms with E-state index in [-0.39, 0.29) is 17.9 Å². The first-order valence-electron chi connectivity index (χ1n) is 7.38. The summed E-state index contributed by atoms with van der Waals surface area (Å²) >= 11 is 0. The number of benzene rings is 1. The number of aryl methyl sites for hydroxylation is 1. The second kappa shape index (κ2) is 5.68. The first-order valence-corrected chi connectivity index (χ1v) is 7.38. The highest BCUT2D eigenvalue weighted by Gasteiger charge is 2.26. The van der Waals surface area contributed by atoms with Crippen LogP contribution in [0.15, 0.2) is 29.4 Å². The lowest BCUT2D eigenvalue weighted by Gasteiger charge is -2.27. The average molecular weight is 285 g/mol. The molecule has 0 unspecified atom stereocenters. The van der Waals surface area contributed by atoms with Gasteiger partial charge in [0.2, 0.25) is 5.91 Å². The van der Waals surface area contributed by atoms with Crippen LogP contribution in [0, 0.1) is 0 Å². The number of amides is 2. The molecule has 0 spiro atoms. The molecule has 1 aliphatic heterocycles. The smallest absolute Gasteiger partial charge is 0.267 e. The summed E-state index contributed by atoms with van der Waals surface area (Å²) in [6.07, 6.45) is 3.87. The zero-order valence-corrected chi connectivity index (χ0v) is 12.1. The standard InChI is InChI=1S/C16H19N3O2/c1-19-15(20)10-9-14(18-19)16(21)17-13-8-4-6-11-5-2-3-7-12(11)13/h2-3,5,7,13H,4,6,8-10H2,1H3,(H,17,21)/t13-/m1/s1. The van der Waals surface area contributed by atoms with Crippen LogP contribution in [0.1, 0.15) is 42.9 Å². The number of fused-ring (bicyclic) bond motifs is 1. The molecule has 2 aliphatic rings. The van der Waals surface area contributed by atoms with Gasteiger partial charge in [-0.25, -0.2) is 5.01 Å². The van der Waals surface area contributed by atoms with Crippen molar-refractivity contribution >= 4 is 17.5 Å². The van der Waals surface area contributed by atoms with E-state index in [1.54, 1.807) is 7.05 Å². The van der Waals surface area contributed by atoms with Crippen LogP contribution in [0.3, 0.4) is 0 Å². The minimum absolute atomic E-state index is 0.0467. The number of hydrogen-bond acceptors (Lipinski definition) is 3. The van der Waals surface area contributed by atoms with Gasteiger partial charge in [-0.2, -0.15) is 5.10 Å². The van der Waals surface area contributed by atoms with Gasteiger partial charge >= 0.3 is 0 Å². The minimum Gasteiger partial charge on any atom is -0.344 e. The molecule has 21 heavy (non-hydrogen) atoms. The quantitative estimate of drug-likeness (QED) is 0.900. The lowest BCUT2D eigenvalue weighted by Crippen LogP contribution is -2.40. The van der Waals surface area contributed by atoms with E-state index in [4.69, 9.17) is 0 Å². The number of carbonyl (C=O) groups is 2. The molecule has 1 aromatic carbocycles. The maximum Gasteiger partial charge on any atom is 0.267 e. The van der Waals surface area contributed by atoms with Crippen molar-refractivity contribution in [2.24, 2.45) is 5.10 Å². The van der Waals surface area contributed by atoms with E-state index >= 15 is 0 Å². The van der Waals surface area contributed by atoms with E-state index in [2.05, 4.69) is 22.6 Å². The molecule has 5 heteroatoms. The lowest BCUT2D eigenvalue weighted by molar-refractivity contribution is -0.130. The summed E-state index contributed by atoms with van der Waals surface area (Å²) in [5, 5.41) is 8.40. The average Bonchev–Trinajstić information content (AvgIpc) is 2.50. The van der Waals surface area contributed by atoms with Crippen molar-refractivity contribution in [2.45, 2.75) is 38.1 Å². The SMILES string of the molecule is CN1N=C(C(=O)N[C@@H]2CCCc3ccccc32)CCC1=O. The van der Waals surface area contributed by atoms with Crippen molar-refractivity contribution in [1.29, 1.82) is 0 Å². The Balaban J connectivity index is 1.74. The molecular formula is C16H19N3O2. The van der Waals surface area contributed by atoms with Crippen molar-refractivity contribution in [3.63, 3.8) is 0 Å². The molecule has 1 N–H and O–H groups in total. The van der Waals surface area contributed by atoms with Gasteiger partial charge in [0.15, 0.2) is 0 Å². The van der Waals surface area contributed by atoms with Gasteiger partial charge in [0.25, 0.3) is 5.91 Å². The topological polar surface area (TPSA) is 61.8 Å². The van der Waals surface area contributed by atoms with Crippen LogP contribution < -0.4 is 5.32 Å². The number of carbonyl (C=O) groups excluding carboxylic acids is 2. The first kappa shape index (κ1) is 13.8. The third kappa shape index (κ3) is 2.82. The third-order valence-electron chi connectivity index (χ3n) is 4.14. The molecule has 110 valence electrons. The number of nitrogens with zero attached hydrogens (tertiary/aromatic N) is 2. The minimum atomic E-state index is -0.156. The zero-order valence-electron chi connectivity index (χ0n) is 12.1. The van der Waals surface area contributed by atoms with Crippen LogP contribution in [0.4, 0.5) is 0 Å². The van der Waals surface area contributed by atoms with Gasteiger partial charge in [-0.1, -0.05) is 24.3 Å². The first-order chi connectivity index (χ1) is 10.1. The van der Waals surface area contributed by atoms with E-state index < -0.39 is 0 Å². The van der Waals surface area contributed by atoms with E-state index in [1.807, 2.05) is 12.1 Å². The molecular weight excluding hydrogens is 266 g/mol. The van der Waals surface area contributed by atoms with Gasteiger partial charge in [0, 0.05) is 19.9 Å². The van der Waals surface area contributed by atoms with E-state index in [9.17, 15) is 9.59 Å². The van der Waals surface area contributed by atoms with Crippen LogP contribution in [0.25, 0.3) is 0 Å². The summed E-state index contributed by atoms with van der Waals surface area (Å²) in [5.41, 5.74) is 2.96. The van der Waals surface area contributed by atoms with Crippen LogP contribution in [-0.4, -0.2) is 29.6 Å². The maximum atomic E-state index is 12.3. The highest BCUT2D eigenvalue weighted by Crippen LogP contribution is 2.29. The second-order valence-electron chi connectivity index (χ2n) is 5.58. The number of rotatable bonds is 2. The summed E-state index contributed by atoms with van der Waals surface area (Å²) in [6, 6.07) is 8.30. The van der Waals surface area contributed by atoms with Crippen molar-refractivity contribution < 1.29 is 9.59 Å². The molecule has 1 atom stereocenters. The van der Waals surface area contributed by atoms with Crippen LogP contribution in [0.2, 0.25) is 0 Å². The highest BCUT2D eigenvalue weighted by atomic mass is 16.2. The fraction of sp³-hybridized carbons (Fsp3) is 0.438. The van der Waals surface area contributed by atoms with E-state index in [0.29, 0.717) is 18.6 Å². The molecule has 1 aliphatic carbocycles. The van der Waals surface area contributed by atoms with Gasteiger partial charge in [-0.05, 0) is 30.4 Å². The summed E-state index contributed by atoms with van der Waals surface area (Å²) in [5.74, 6) is -0.203. The summed E-state index contributed by atoms with van der Waals surface area (Å²) in [7, 11) is 1.59. The van der Waals surface area contributed by atoms with E-state index in [0.717, 1.165) is 19.3 Å². The Morgan fingerprint density at radius 3 is 2.90 bits per heavy atom. The Hall–Kier alpha value is -2.17. The highest BCUT2D eigenvalue weighted by molar-refractivity contribution is 6.39. The molecule has 0 saturated heterocycles. The molecule has 3 rings (SSSR count). The molecule has 0 bridgehead atoms. The van der Waals surface area contributed by atoms with Gasteiger partial charge in [0.1, 0.15) is 5.71 Å². The molecule has 2 amide bonds. The number of hydrazone groups is 1. The molecule has 5 nitrogen and oxygen atoms in total. The summed E-state index contributed by atoms with van der Waals surface area (Å²) in [4.78, 5) is 23.8. The number of hydrogen-bond donors (Lipinski definition) is 1. The van der Waals surface area contributed by atoms with Crippen molar-refractivity contribution in [3.05, 3.63) is 35.4 Å². The predicted molar refractivity (Wildman–Crippen MR) is 79.7 cm³/mol. The lowest BCUT2D eigenvalue weighted by atomic mass is 9.87. The van der Waals surface area contributed by atoms with Gasteiger partial charge < -0.3 is 5.32 Å². The summed E-state index contributed by atoms with van der Waals surface area (Å²) in [6.45, 7) is 0. The van der Waals surface area contributed by atoms with Crippen molar-refractivity contribution in [1.82, 2.24) is 10.3 Å². The predicted octanol–water partition coefficient (Wildman–Crippen LogP) is 1.79. The Morgan fingerprint density at radius 2 is 2.10 bits per heavy atom. The fourth-order valence-electron chi connectivity index (χ4n) is 2.98. The molecule has 0 saturated carbocycles. The van der Waals surface area contributed by atoms with Crippen molar-refractivity contribution in [3.8, 4) is 0 Å². The molecule has 0 aromatic heterocycles. The molecule has 0 radical (unpaired) electrons. The van der Waals surface area contributed by atoms with E-state index in [1.165, 1.54) is 16.1 Å². The van der Waals surface area contributed by atoms with Crippen LogP contribution in [0.5, 0.6) is 0 Å². The zero-order chi connectivity index (χ0) is 14.8. The molecule has 1 heterocycles. The van der Waals surface area contributed by atoms with Crippen molar-refractivity contribution in [2.75, 3.05) is 7.05 Å². The maximum absolute atomic E-state index is 12.3. The Kier molecular flexibility index (Phi) is 3.73. The fourth-order valence-corrected chi connectivity index (χ4v) is 2.98. The van der Waals surface area contributed by atoms with Gasteiger partial charge in [0.05, 0.1) is 6.04 Å². The normalized spacial score (nSPS) is 21.6. The summed E-state index contributed by atoms with van der Waals surface area (Å²) < 4.78 is 0. The van der Waals surface area contributed by atoms with Crippen LogP contribution in [-0.2, 0) is 16.0 Å². The van der Waals surface area contributed by atoms with Crippen LogP contribution >= 0.6 is 0 Å². The Labute approximate surface area is 124 Å². The molecule has 1 aromatic rings. The van der Waals surface area contributed by atoms with Gasteiger partial charge in [-0.3, -0.25) is 9.59 Å². The number of nitrogens with one attached hydrogen (secondary N) is 1. The second-order valence-corrected chi connectivity index (χ2v) is 5.58.